The van der Waals surface area contributed by atoms with Gasteiger partial charge in [-0.2, -0.15) is 5.10 Å². The van der Waals surface area contributed by atoms with Gasteiger partial charge in [-0.1, -0.05) is 30.3 Å². The lowest BCUT2D eigenvalue weighted by molar-refractivity contribution is 0.0528. The number of fused-ring (bicyclic) bond motifs is 2. The third-order valence-electron chi connectivity index (χ3n) is 4.29. The van der Waals surface area contributed by atoms with Crippen LogP contribution in [0.3, 0.4) is 0 Å². The van der Waals surface area contributed by atoms with Crippen molar-refractivity contribution in [3.63, 3.8) is 0 Å². The summed E-state index contributed by atoms with van der Waals surface area (Å²) in [7, 11) is 0. The van der Waals surface area contributed by atoms with Crippen LogP contribution in [-0.4, -0.2) is 28.1 Å². The van der Waals surface area contributed by atoms with Crippen LogP contribution < -0.4 is 5.32 Å². The van der Waals surface area contributed by atoms with Gasteiger partial charge < -0.3 is 10.1 Å². The van der Waals surface area contributed by atoms with Gasteiger partial charge in [0.1, 0.15) is 5.56 Å². The van der Waals surface area contributed by atoms with E-state index in [9.17, 15) is 9.59 Å². The molecule has 0 aliphatic rings. The zero-order valence-corrected chi connectivity index (χ0v) is 14.7. The summed E-state index contributed by atoms with van der Waals surface area (Å²) in [4.78, 5) is 24.7. The van der Waals surface area contributed by atoms with Gasteiger partial charge in [-0.05, 0) is 42.0 Å². The number of anilines is 1. The van der Waals surface area contributed by atoms with E-state index in [4.69, 9.17) is 4.74 Å². The number of amides is 1. The molecule has 0 unspecified atom stereocenters. The molecule has 134 valence electrons. The second kappa shape index (κ2) is 6.92. The molecule has 2 heterocycles. The summed E-state index contributed by atoms with van der Waals surface area (Å²) in [5, 5.41) is 9.09. The lowest BCUT2D eigenvalue weighted by atomic mass is 10.1. The van der Waals surface area contributed by atoms with Crippen LogP contribution in [0.5, 0.6) is 0 Å². The van der Waals surface area contributed by atoms with Gasteiger partial charge in [0.2, 0.25) is 0 Å². The van der Waals surface area contributed by atoms with E-state index in [-0.39, 0.29) is 12.5 Å². The highest BCUT2D eigenvalue weighted by atomic mass is 16.5. The quantitative estimate of drug-likeness (QED) is 0.561. The van der Waals surface area contributed by atoms with Gasteiger partial charge >= 0.3 is 5.97 Å². The third kappa shape index (κ3) is 3.25. The van der Waals surface area contributed by atoms with Gasteiger partial charge in [-0.3, -0.25) is 4.79 Å². The number of carbonyl (C=O) groups is 2. The highest BCUT2D eigenvalue weighted by Gasteiger charge is 2.15. The molecule has 0 aliphatic heterocycles. The van der Waals surface area contributed by atoms with Crippen LogP contribution in [0, 0.1) is 0 Å². The predicted molar refractivity (Wildman–Crippen MR) is 103 cm³/mol. The van der Waals surface area contributed by atoms with Crippen molar-refractivity contribution in [1.29, 1.82) is 0 Å². The van der Waals surface area contributed by atoms with Crippen molar-refractivity contribution in [1.82, 2.24) is 9.61 Å². The van der Waals surface area contributed by atoms with Crippen LogP contribution in [0.4, 0.5) is 5.69 Å². The summed E-state index contributed by atoms with van der Waals surface area (Å²) in [6.45, 7) is 2.04. The summed E-state index contributed by atoms with van der Waals surface area (Å²) in [5.74, 6) is -0.659. The number of rotatable bonds is 4. The fourth-order valence-corrected chi connectivity index (χ4v) is 2.96. The molecule has 1 N–H and O–H groups in total. The molecular formula is C21H17N3O3. The van der Waals surface area contributed by atoms with Crippen molar-refractivity contribution >= 4 is 33.9 Å². The average Bonchev–Trinajstić information content (AvgIpc) is 3.11. The zero-order valence-electron chi connectivity index (χ0n) is 14.7. The minimum absolute atomic E-state index is 0.220. The Balaban J connectivity index is 1.62. The Morgan fingerprint density at radius 1 is 1.07 bits per heavy atom. The van der Waals surface area contributed by atoms with Crippen LogP contribution in [-0.2, 0) is 4.74 Å². The Labute approximate surface area is 155 Å². The van der Waals surface area contributed by atoms with E-state index >= 15 is 0 Å². The van der Waals surface area contributed by atoms with Gasteiger partial charge in [-0.15, -0.1) is 0 Å². The first-order valence-electron chi connectivity index (χ1n) is 8.60. The number of hydrogen-bond donors (Lipinski definition) is 1. The number of pyridine rings is 1. The lowest BCUT2D eigenvalue weighted by Gasteiger charge is -2.07. The summed E-state index contributed by atoms with van der Waals surface area (Å²) >= 11 is 0. The Hall–Kier alpha value is -3.67. The molecule has 0 saturated heterocycles. The number of hydrogen-bond acceptors (Lipinski definition) is 4. The van der Waals surface area contributed by atoms with Crippen LogP contribution in [0.25, 0.3) is 16.3 Å². The van der Waals surface area contributed by atoms with Crippen LogP contribution >= 0.6 is 0 Å². The first-order chi connectivity index (χ1) is 13.2. The highest BCUT2D eigenvalue weighted by Crippen LogP contribution is 2.19. The van der Waals surface area contributed by atoms with Crippen LogP contribution in [0.15, 0.2) is 67.0 Å². The van der Waals surface area contributed by atoms with Crippen molar-refractivity contribution in [3.05, 3.63) is 78.1 Å². The Bertz CT molecular complexity index is 1160. The van der Waals surface area contributed by atoms with Gasteiger partial charge in [0.15, 0.2) is 0 Å². The molecular weight excluding hydrogens is 342 g/mol. The second-order valence-electron chi connectivity index (χ2n) is 6.04. The smallest absolute Gasteiger partial charge is 0.341 e. The monoisotopic (exact) mass is 359 g/mol. The Kier molecular flexibility index (Phi) is 4.30. The van der Waals surface area contributed by atoms with E-state index in [0.717, 1.165) is 10.8 Å². The standard InChI is InChI=1S/C21H17N3O3/c1-2-27-21(26)18-13-22-24-10-9-17(12-19(18)24)23-20(25)16-8-7-14-5-3-4-6-15(14)11-16/h3-13H,2H2,1H3,(H,23,25). The molecule has 0 saturated carbocycles. The highest BCUT2D eigenvalue weighted by molar-refractivity contribution is 6.07. The van der Waals surface area contributed by atoms with Crippen molar-refractivity contribution < 1.29 is 14.3 Å². The molecule has 0 radical (unpaired) electrons. The first-order valence-corrected chi connectivity index (χ1v) is 8.60. The lowest BCUT2D eigenvalue weighted by Crippen LogP contribution is -2.12. The number of carbonyl (C=O) groups excluding carboxylic acids is 2. The molecule has 0 bridgehead atoms. The van der Waals surface area contributed by atoms with E-state index in [1.54, 1.807) is 35.8 Å². The minimum Gasteiger partial charge on any atom is -0.462 e. The molecule has 6 nitrogen and oxygen atoms in total. The van der Waals surface area contributed by atoms with E-state index in [1.165, 1.54) is 6.20 Å². The van der Waals surface area contributed by atoms with Gasteiger partial charge in [0.05, 0.1) is 18.3 Å². The maximum absolute atomic E-state index is 12.6. The first kappa shape index (κ1) is 16.8. The van der Waals surface area contributed by atoms with Gasteiger partial charge in [0.25, 0.3) is 5.91 Å². The number of nitrogens with one attached hydrogen (secondary N) is 1. The summed E-state index contributed by atoms with van der Waals surface area (Å²) < 4.78 is 6.61. The molecule has 6 heteroatoms. The maximum atomic E-state index is 12.6. The number of benzene rings is 2. The van der Waals surface area contributed by atoms with Gasteiger partial charge in [-0.25, -0.2) is 9.31 Å². The Morgan fingerprint density at radius 3 is 2.70 bits per heavy atom. The SMILES string of the molecule is CCOC(=O)c1cnn2ccc(NC(=O)c3ccc4ccccc4c3)cc12. The van der Waals surface area contributed by atoms with Gasteiger partial charge in [0, 0.05) is 17.4 Å². The molecule has 4 rings (SSSR count). The zero-order chi connectivity index (χ0) is 18.8. The second-order valence-corrected chi connectivity index (χ2v) is 6.04. The molecule has 2 aromatic heterocycles. The number of esters is 1. The molecule has 27 heavy (non-hydrogen) atoms. The fourth-order valence-electron chi connectivity index (χ4n) is 2.96. The van der Waals surface area contributed by atoms with Crippen LogP contribution in [0.2, 0.25) is 0 Å². The molecule has 1 amide bonds. The van der Waals surface area contributed by atoms with E-state index in [1.807, 2.05) is 36.4 Å². The third-order valence-corrected chi connectivity index (χ3v) is 4.29. The molecule has 2 aromatic carbocycles. The summed E-state index contributed by atoms with van der Waals surface area (Å²) in [6.07, 6.45) is 3.15. The van der Waals surface area contributed by atoms with Crippen LogP contribution in [0.1, 0.15) is 27.6 Å². The molecule has 0 aliphatic carbocycles. The van der Waals surface area contributed by atoms with Crippen molar-refractivity contribution in [2.45, 2.75) is 6.92 Å². The Morgan fingerprint density at radius 2 is 1.89 bits per heavy atom. The molecule has 0 fully saturated rings. The minimum atomic E-state index is -0.439. The number of ether oxygens (including phenoxy) is 1. The number of aromatic nitrogens is 2. The van der Waals surface area contributed by atoms with E-state index in [2.05, 4.69) is 10.4 Å². The van der Waals surface area contributed by atoms with Crippen molar-refractivity contribution in [2.75, 3.05) is 11.9 Å². The van der Waals surface area contributed by atoms with Crippen molar-refractivity contribution in [2.24, 2.45) is 0 Å². The van der Waals surface area contributed by atoms with E-state index < -0.39 is 5.97 Å². The topological polar surface area (TPSA) is 72.7 Å². The summed E-state index contributed by atoms with van der Waals surface area (Å²) in [5.41, 5.74) is 2.07. The molecule has 0 spiro atoms. The predicted octanol–water partition coefficient (Wildman–Crippen LogP) is 3.92. The van der Waals surface area contributed by atoms with E-state index in [0.29, 0.717) is 22.3 Å². The maximum Gasteiger partial charge on any atom is 0.341 e. The number of nitrogens with zero attached hydrogens (tertiary/aromatic N) is 2. The summed E-state index contributed by atoms with van der Waals surface area (Å²) in [6, 6.07) is 16.9. The van der Waals surface area contributed by atoms with Crippen molar-refractivity contribution in [3.8, 4) is 0 Å². The average molecular weight is 359 g/mol. The normalized spacial score (nSPS) is 10.9. The largest absolute Gasteiger partial charge is 0.462 e. The molecule has 4 aromatic rings. The molecule has 0 atom stereocenters. The fraction of sp³-hybridized carbons (Fsp3) is 0.0952.